The lowest BCUT2D eigenvalue weighted by Crippen LogP contribution is -3.13. The maximum atomic E-state index is 13.0. The van der Waals surface area contributed by atoms with Crippen molar-refractivity contribution >= 4 is 34.8 Å². The molecule has 0 saturated heterocycles. The van der Waals surface area contributed by atoms with Crippen molar-refractivity contribution in [2.45, 2.75) is 13.1 Å². The summed E-state index contributed by atoms with van der Waals surface area (Å²) in [6, 6.07) is 11.3. The zero-order valence-electron chi connectivity index (χ0n) is 15.1. The minimum absolute atomic E-state index is 0.00648. The van der Waals surface area contributed by atoms with Gasteiger partial charge in [-0.1, -0.05) is 23.7 Å². The molecule has 0 bridgehead atoms. The molecule has 2 rings (SSSR count). The summed E-state index contributed by atoms with van der Waals surface area (Å²) in [5.41, 5.74) is -0.656. The zero-order chi connectivity index (χ0) is 20.7. The summed E-state index contributed by atoms with van der Waals surface area (Å²) >= 11 is 5.79. The number of halogens is 4. The van der Waals surface area contributed by atoms with Crippen LogP contribution in [-0.2, 0) is 15.8 Å². The number of carbonyl (C=O) groups excluding carboxylic acids is 2. The standard InChI is InChI=1S/C19H19ClF3N3O2/c1-2-26(11-17(27)24-14-9-7-13(20)8-10-14)12-18(28)25-16-6-4-3-5-15(16)19(21,22)23/h3-10H,2,11-12H2,1H3,(H,24,27)(H,25,28)/p+1. The SMILES string of the molecule is CC[NH+](CC(=O)Nc1ccc(Cl)cc1)CC(=O)Nc1ccccc1C(F)(F)F. The van der Waals surface area contributed by atoms with Gasteiger partial charge >= 0.3 is 6.18 Å². The molecule has 3 N–H and O–H groups in total. The smallest absolute Gasteiger partial charge is 0.321 e. The normalized spacial score (nSPS) is 12.3. The van der Waals surface area contributed by atoms with E-state index in [-0.39, 0.29) is 24.7 Å². The maximum Gasteiger partial charge on any atom is 0.418 e. The number of para-hydroxylation sites is 1. The molecule has 150 valence electrons. The Morgan fingerprint density at radius 2 is 1.54 bits per heavy atom. The average molecular weight is 415 g/mol. The minimum Gasteiger partial charge on any atom is -0.321 e. The van der Waals surface area contributed by atoms with Gasteiger partial charge in [0.05, 0.1) is 17.8 Å². The Morgan fingerprint density at radius 3 is 2.11 bits per heavy atom. The van der Waals surface area contributed by atoms with E-state index in [4.69, 9.17) is 11.6 Å². The second-order valence-electron chi connectivity index (χ2n) is 6.10. The van der Waals surface area contributed by atoms with Crippen molar-refractivity contribution in [2.24, 2.45) is 0 Å². The number of benzene rings is 2. The molecule has 0 aliphatic heterocycles. The van der Waals surface area contributed by atoms with E-state index in [9.17, 15) is 22.8 Å². The lowest BCUT2D eigenvalue weighted by molar-refractivity contribution is -0.881. The van der Waals surface area contributed by atoms with Crippen molar-refractivity contribution in [3.8, 4) is 0 Å². The molecule has 0 aliphatic carbocycles. The molecule has 0 aromatic heterocycles. The third-order valence-electron chi connectivity index (χ3n) is 3.96. The summed E-state index contributed by atoms with van der Waals surface area (Å²) in [6.07, 6.45) is -4.57. The summed E-state index contributed by atoms with van der Waals surface area (Å²) in [6.45, 7) is 2.08. The Hall–Kier alpha value is -2.58. The van der Waals surface area contributed by atoms with Crippen LogP contribution >= 0.6 is 11.6 Å². The van der Waals surface area contributed by atoms with Crippen molar-refractivity contribution in [1.29, 1.82) is 0 Å². The van der Waals surface area contributed by atoms with Crippen LogP contribution in [0.2, 0.25) is 5.02 Å². The molecule has 2 amide bonds. The molecule has 2 aromatic carbocycles. The highest BCUT2D eigenvalue weighted by atomic mass is 35.5. The number of alkyl halides is 3. The highest BCUT2D eigenvalue weighted by molar-refractivity contribution is 6.30. The summed E-state index contributed by atoms with van der Waals surface area (Å²) in [5.74, 6) is -0.921. The molecular weight excluding hydrogens is 395 g/mol. The molecule has 5 nitrogen and oxygen atoms in total. The third kappa shape index (κ3) is 6.54. The second-order valence-corrected chi connectivity index (χ2v) is 6.54. The van der Waals surface area contributed by atoms with Gasteiger partial charge in [0.1, 0.15) is 0 Å². The molecule has 0 fully saturated rings. The Morgan fingerprint density at radius 1 is 0.964 bits per heavy atom. The number of quaternary nitrogens is 1. The highest BCUT2D eigenvalue weighted by Crippen LogP contribution is 2.34. The molecule has 0 heterocycles. The Bertz CT molecular complexity index is 826. The van der Waals surface area contributed by atoms with Crippen molar-refractivity contribution in [3.63, 3.8) is 0 Å². The third-order valence-corrected chi connectivity index (χ3v) is 4.21. The quantitative estimate of drug-likeness (QED) is 0.652. The van der Waals surface area contributed by atoms with Crippen LogP contribution in [0.5, 0.6) is 0 Å². The van der Waals surface area contributed by atoms with E-state index >= 15 is 0 Å². The number of anilines is 2. The summed E-state index contributed by atoms with van der Waals surface area (Å²) in [4.78, 5) is 24.9. The molecular formula is C19H20ClF3N3O2+. The fourth-order valence-corrected chi connectivity index (χ4v) is 2.66. The largest absolute Gasteiger partial charge is 0.418 e. The molecule has 0 radical (unpaired) electrons. The van der Waals surface area contributed by atoms with E-state index in [0.29, 0.717) is 22.2 Å². The van der Waals surface area contributed by atoms with Crippen LogP contribution in [0.1, 0.15) is 12.5 Å². The highest BCUT2D eigenvalue weighted by Gasteiger charge is 2.33. The van der Waals surface area contributed by atoms with Gasteiger partial charge in [0.15, 0.2) is 13.1 Å². The van der Waals surface area contributed by atoms with Crippen LogP contribution in [0.4, 0.5) is 24.5 Å². The number of hydrogen-bond donors (Lipinski definition) is 3. The number of likely N-dealkylation sites (N-methyl/N-ethyl adjacent to an activating group) is 1. The predicted molar refractivity (Wildman–Crippen MR) is 101 cm³/mol. The van der Waals surface area contributed by atoms with Crippen LogP contribution in [0.25, 0.3) is 0 Å². The lowest BCUT2D eigenvalue weighted by Gasteiger charge is -2.18. The molecule has 2 aromatic rings. The van der Waals surface area contributed by atoms with E-state index in [1.54, 1.807) is 31.2 Å². The second kappa shape index (κ2) is 9.57. The molecule has 1 unspecified atom stereocenters. The molecule has 1 atom stereocenters. The van der Waals surface area contributed by atoms with Gasteiger partial charge in [-0.15, -0.1) is 0 Å². The molecule has 0 spiro atoms. The molecule has 0 aliphatic rings. The van der Waals surface area contributed by atoms with Gasteiger partial charge in [0, 0.05) is 10.7 Å². The summed E-state index contributed by atoms with van der Waals surface area (Å²) < 4.78 is 39.0. The maximum absolute atomic E-state index is 13.0. The van der Waals surface area contributed by atoms with Gasteiger partial charge in [-0.05, 0) is 43.3 Å². The Balaban J connectivity index is 1.94. The predicted octanol–water partition coefficient (Wildman–Crippen LogP) is 2.84. The van der Waals surface area contributed by atoms with Crippen LogP contribution in [0.15, 0.2) is 48.5 Å². The first-order chi connectivity index (χ1) is 13.2. The first kappa shape index (κ1) is 21.7. The van der Waals surface area contributed by atoms with Gasteiger partial charge < -0.3 is 15.5 Å². The van der Waals surface area contributed by atoms with Crippen LogP contribution < -0.4 is 15.5 Å². The van der Waals surface area contributed by atoms with E-state index in [1.165, 1.54) is 18.2 Å². The number of carbonyl (C=O) groups is 2. The van der Waals surface area contributed by atoms with Crippen LogP contribution in [0, 0.1) is 0 Å². The van der Waals surface area contributed by atoms with E-state index < -0.39 is 17.6 Å². The average Bonchev–Trinajstić information content (AvgIpc) is 2.62. The van der Waals surface area contributed by atoms with Crippen LogP contribution in [-0.4, -0.2) is 31.4 Å². The molecule has 28 heavy (non-hydrogen) atoms. The van der Waals surface area contributed by atoms with Crippen LogP contribution in [0.3, 0.4) is 0 Å². The fourth-order valence-electron chi connectivity index (χ4n) is 2.54. The number of hydrogen-bond acceptors (Lipinski definition) is 2. The zero-order valence-corrected chi connectivity index (χ0v) is 15.8. The first-order valence-corrected chi connectivity index (χ1v) is 8.92. The van der Waals surface area contributed by atoms with Crippen molar-refractivity contribution in [2.75, 3.05) is 30.3 Å². The van der Waals surface area contributed by atoms with E-state index in [2.05, 4.69) is 10.6 Å². The van der Waals surface area contributed by atoms with Gasteiger partial charge in [0.2, 0.25) is 0 Å². The van der Waals surface area contributed by atoms with Crippen molar-refractivity contribution in [1.82, 2.24) is 0 Å². The summed E-state index contributed by atoms with van der Waals surface area (Å²) in [5, 5.41) is 5.51. The fraction of sp³-hybridized carbons (Fsp3) is 0.263. The topological polar surface area (TPSA) is 62.6 Å². The van der Waals surface area contributed by atoms with Crippen molar-refractivity contribution < 1.29 is 27.7 Å². The Kier molecular flexibility index (Phi) is 7.42. The van der Waals surface area contributed by atoms with Gasteiger partial charge in [-0.3, -0.25) is 9.59 Å². The Labute approximate surface area is 165 Å². The van der Waals surface area contributed by atoms with E-state index in [1.807, 2.05) is 0 Å². The minimum atomic E-state index is -4.57. The monoisotopic (exact) mass is 414 g/mol. The van der Waals surface area contributed by atoms with Crippen molar-refractivity contribution in [3.05, 3.63) is 59.1 Å². The van der Waals surface area contributed by atoms with E-state index in [0.717, 1.165) is 6.07 Å². The number of rotatable bonds is 7. The van der Waals surface area contributed by atoms with Gasteiger partial charge in [-0.2, -0.15) is 13.2 Å². The number of nitrogens with one attached hydrogen (secondary N) is 3. The molecule has 0 saturated carbocycles. The van der Waals surface area contributed by atoms with Gasteiger partial charge in [0.25, 0.3) is 11.8 Å². The first-order valence-electron chi connectivity index (χ1n) is 8.54. The number of amides is 2. The van der Waals surface area contributed by atoms with Gasteiger partial charge in [-0.25, -0.2) is 0 Å². The lowest BCUT2D eigenvalue weighted by atomic mass is 10.1. The summed E-state index contributed by atoms with van der Waals surface area (Å²) in [7, 11) is 0. The molecule has 9 heteroatoms.